The van der Waals surface area contributed by atoms with Crippen LogP contribution in [0.5, 0.6) is 0 Å². The molecule has 0 spiro atoms. The summed E-state index contributed by atoms with van der Waals surface area (Å²) in [4.78, 5) is 12.1. The second-order valence-electron chi connectivity index (χ2n) is 4.55. The number of halogens is 2. The summed E-state index contributed by atoms with van der Waals surface area (Å²) in [6, 6.07) is 14.0. The van der Waals surface area contributed by atoms with E-state index in [9.17, 15) is 9.18 Å². The van der Waals surface area contributed by atoms with Gasteiger partial charge in [-0.05, 0) is 42.5 Å². The zero-order chi connectivity index (χ0) is 15.5. The Hall–Kier alpha value is -2.66. The number of anilines is 1. The van der Waals surface area contributed by atoms with E-state index in [-0.39, 0.29) is 11.5 Å². The van der Waals surface area contributed by atoms with Crippen molar-refractivity contribution in [1.29, 1.82) is 0 Å². The van der Waals surface area contributed by atoms with E-state index in [0.717, 1.165) is 0 Å². The van der Waals surface area contributed by atoms with Crippen LogP contribution in [-0.2, 0) is 0 Å². The topological polar surface area (TPSA) is 55.1 Å². The SMILES string of the molecule is O=C(Nc1cccc(Cl)c1)c1cc(-c2ccc(F)cc2)on1. The van der Waals surface area contributed by atoms with E-state index in [2.05, 4.69) is 10.5 Å². The summed E-state index contributed by atoms with van der Waals surface area (Å²) in [5, 5.41) is 6.91. The first-order valence-electron chi connectivity index (χ1n) is 6.41. The van der Waals surface area contributed by atoms with Crippen molar-refractivity contribution in [2.45, 2.75) is 0 Å². The third kappa shape index (κ3) is 3.15. The van der Waals surface area contributed by atoms with Gasteiger partial charge in [0.2, 0.25) is 0 Å². The van der Waals surface area contributed by atoms with E-state index in [1.54, 1.807) is 36.4 Å². The molecule has 1 amide bonds. The molecule has 1 N–H and O–H groups in total. The molecule has 6 heteroatoms. The van der Waals surface area contributed by atoms with Gasteiger partial charge >= 0.3 is 0 Å². The Morgan fingerprint density at radius 3 is 2.64 bits per heavy atom. The lowest BCUT2D eigenvalue weighted by Crippen LogP contribution is -2.11. The van der Waals surface area contributed by atoms with Crippen LogP contribution in [0.2, 0.25) is 5.02 Å². The molecule has 110 valence electrons. The van der Waals surface area contributed by atoms with Gasteiger partial charge in [0, 0.05) is 22.3 Å². The van der Waals surface area contributed by atoms with Gasteiger partial charge in [0.15, 0.2) is 11.5 Å². The van der Waals surface area contributed by atoms with Crippen LogP contribution in [0.15, 0.2) is 59.1 Å². The Bertz CT molecular complexity index is 815. The van der Waals surface area contributed by atoms with Gasteiger partial charge in [0.1, 0.15) is 5.82 Å². The molecule has 0 aliphatic heterocycles. The number of benzene rings is 2. The quantitative estimate of drug-likeness (QED) is 0.779. The number of carbonyl (C=O) groups excluding carboxylic acids is 1. The summed E-state index contributed by atoms with van der Waals surface area (Å²) in [5.41, 5.74) is 1.32. The highest BCUT2D eigenvalue weighted by molar-refractivity contribution is 6.30. The van der Waals surface area contributed by atoms with Gasteiger partial charge in [-0.25, -0.2) is 4.39 Å². The van der Waals surface area contributed by atoms with Crippen molar-refractivity contribution in [2.75, 3.05) is 5.32 Å². The molecule has 1 heterocycles. The zero-order valence-electron chi connectivity index (χ0n) is 11.2. The van der Waals surface area contributed by atoms with Gasteiger partial charge in [-0.3, -0.25) is 4.79 Å². The van der Waals surface area contributed by atoms with E-state index in [1.165, 1.54) is 18.2 Å². The number of hydrogen-bond acceptors (Lipinski definition) is 3. The molecule has 1 aromatic heterocycles. The summed E-state index contributed by atoms with van der Waals surface area (Å²) >= 11 is 5.86. The summed E-state index contributed by atoms with van der Waals surface area (Å²) < 4.78 is 18.0. The average molecular weight is 317 g/mol. The molecule has 3 rings (SSSR count). The second kappa shape index (κ2) is 5.99. The molecule has 3 aromatic rings. The lowest BCUT2D eigenvalue weighted by atomic mass is 10.1. The fourth-order valence-electron chi connectivity index (χ4n) is 1.89. The third-order valence-corrected chi connectivity index (χ3v) is 3.19. The summed E-state index contributed by atoms with van der Waals surface area (Å²) in [7, 11) is 0. The molecule has 0 saturated heterocycles. The highest BCUT2D eigenvalue weighted by atomic mass is 35.5. The highest BCUT2D eigenvalue weighted by Crippen LogP contribution is 2.21. The predicted molar refractivity (Wildman–Crippen MR) is 81.3 cm³/mol. The number of amides is 1. The molecule has 2 aromatic carbocycles. The largest absolute Gasteiger partial charge is 0.355 e. The summed E-state index contributed by atoms with van der Waals surface area (Å²) in [6.07, 6.45) is 0. The smallest absolute Gasteiger partial charge is 0.277 e. The van der Waals surface area contributed by atoms with Gasteiger partial charge in [0.25, 0.3) is 5.91 Å². The fraction of sp³-hybridized carbons (Fsp3) is 0. The average Bonchev–Trinajstić information content (AvgIpc) is 2.98. The number of carbonyl (C=O) groups is 1. The molecule has 22 heavy (non-hydrogen) atoms. The first-order valence-corrected chi connectivity index (χ1v) is 6.79. The molecule has 0 radical (unpaired) electrons. The zero-order valence-corrected chi connectivity index (χ0v) is 12.0. The van der Waals surface area contributed by atoms with Crippen molar-refractivity contribution >= 4 is 23.2 Å². The van der Waals surface area contributed by atoms with E-state index < -0.39 is 5.91 Å². The van der Waals surface area contributed by atoms with Crippen molar-refractivity contribution in [3.63, 3.8) is 0 Å². The van der Waals surface area contributed by atoms with Crippen LogP contribution in [0, 0.1) is 5.82 Å². The third-order valence-electron chi connectivity index (χ3n) is 2.95. The maximum absolute atomic E-state index is 12.9. The lowest BCUT2D eigenvalue weighted by molar-refractivity contribution is 0.101. The minimum Gasteiger partial charge on any atom is -0.355 e. The van der Waals surface area contributed by atoms with Gasteiger partial charge in [-0.2, -0.15) is 0 Å². The predicted octanol–water partition coefficient (Wildman–Crippen LogP) is 4.39. The van der Waals surface area contributed by atoms with E-state index in [4.69, 9.17) is 16.1 Å². The first kappa shape index (κ1) is 14.3. The molecule has 0 unspecified atom stereocenters. The summed E-state index contributed by atoms with van der Waals surface area (Å²) in [6.45, 7) is 0. The summed E-state index contributed by atoms with van der Waals surface area (Å²) in [5.74, 6) is -0.377. The number of nitrogens with zero attached hydrogens (tertiary/aromatic N) is 1. The van der Waals surface area contributed by atoms with E-state index in [0.29, 0.717) is 22.0 Å². The van der Waals surface area contributed by atoms with Crippen LogP contribution in [0.4, 0.5) is 10.1 Å². The van der Waals surface area contributed by atoms with Gasteiger partial charge in [0.05, 0.1) is 0 Å². The van der Waals surface area contributed by atoms with E-state index in [1.807, 2.05) is 0 Å². The van der Waals surface area contributed by atoms with Crippen LogP contribution < -0.4 is 5.32 Å². The van der Waals surface area contributed by atoms with Crippen molar-refractivity contribution in [2.24, 2.45) is 0 Å². The van der Waals surface area contributed by atoms with Crippen LogP contribution in [-0.4, -0.2) is 11.1 Å². The first-order chi connectivity index (χ1) is 10.6. The normalized spacial score (nSPS) is 10.5. The molecule has 4 nitrogen and oxygen atoms in total. The standard InChI is InChI=1S/C16H10ClFN2O2/c17-11-2-1-3-13(8-11)19-16(21)14-9-15(22-20-14)10-4-6-12(18)7-5-10/h1-9H,(H,19,21). The van der Waals surface area contributed by atoms with Crippen LogP contribution in [0.1, 0.15) is 10.5 Å². The lowest BCUT2D eigenvalue weighted by Gasteiger charge is -2.02. The molecule has 0 aliphatic rings. The van der Waals surface area contributed by atoms with Crippen LogP contribution in [0.3, 0.4) is 0 Å². The van der Waals surface area contributed by atoms with Crippen molar-refractivity contribution in [3.05, 3.63) is 71.1 Å². The molecule has 0 saturated carbocycles. The molecule has 0 fully saturated rings. The molecule has 0 bridgehead atoms. The van der Waals surface area contributed by atoms with Gasteiger partial charge < -0.3 is 9.84 Å². The number of aromatic nitrogens is 1. The number of hydrogen-bond donors (Lipinski definition) is 1. The van der Waals surface area contributed by atoms with Crippen molar-refractivity contribution < 1.29 is 13.7 Å². The Labute approximate surface area is 130 Å². The Kier molecular flexibility index (Phi) is 3.89. The van der Waals surface area contributed by atoms with Gasteiger partial charge in [-0.15, -0.1) is 0 Å². The Morgan fingerprint density at radius 2 is 1.91 bits per heavy atom. The molecular formula is C16H10ClFN2O2. The van der Waals surface area contributed by atoms with Crippen LogP contribution >= 0.6 is 11.6 Å². The molecule has 0 aliphatic carbocycles. The van der Waals surface area contributed by atoms with E-state index >= 15 is 0 Å². The van der Waals surface area contributed by atoms with Crippen molar-refractivity contribution in [1.82, 2.24) is 5.16 Å². The van der Waals surface area contributed by atoms with Crippen molar-refractivity contribution in [3.8, 4) is 11.3 Å². The molecule has 0 atom stereocenters. The monoisotopic (exact) mass is 316 g/mol. The minimum atomic E-state index is -0.417. The maximum Gasteiger partial charge on any atom is 0.277 e. The van der Waals surface area contributed by atoms with Crippen LogP contribution in [0.25, 0.3) is 11.3 Å². The number of rotatable bonds is 3. The van der Waals surface area contributed by atoms with Gasteiger partial charge in [-0.1, -0.05) is 22.8 Å². The molecular weight excluding hydrogens is 307 g/mol. The fourth-order valence-corrected chi connectivity index (χ4v) is 2.08. The minimum absolute atomic E-state index is 0.124. The maximum atomic E-state index is 12.9. The Balaban J connectivity index is 1.78. The second-order valence-corrected chi connectivity index (χ2v) is 4.98. The highest BCUT2D eigenvalue weighted by Gasteiger charge is 2.14. The Morgan fingerprint density at radius 1 is 1.14 bits per heavy atom. The number of nitrogens with one attached hydrogen (secondary N) is 1.